The molecule has 2 heterocycles. The van der Waals surface area contributed by atoms with Gasteiger partial charge in [-0.3, -0.25) is 9.59 Å². The van der Waals surface area contributed by atoms with Crippen LogP contribution in [-0.2, 0) is 16.1 Å². The van der Waals surface area contributed by atoms with Crippen LogP contribution in [-0.4, -0.2) is 48.6 Å². The lowest BCUT2D eigenvalue weighted by atomic mass is 9.94. The van der Waals surface area contributed by atoms with Crippen molar-refractivity contribution in [2.24, 2.45) is 5.92 Å². The van der Waals surface area contributed by atoms with E-state index in [2.05, 4.69) is 13.8 Å². The minimum absolute atomic E-state index is 0.00635. The van der Waals surface area contributed by atoms with Gasteiger partial charge in [-0.05, 0) is 53.8 Å². The van der Waals surface area contributed by atoms with Gasteiger partial charge in [-0.15, -0.1) is 0 Å². The van der Waals surface area contributed by atoms with Crippen molar-refractivity contribution in [2.45, 2.75) is 32.9 Å². The third-order valence-corrected chi connectivity index (χ3v) is 7.01. The molecule has 208 valence electrons. The van der Waals surface area contributed by atoms with Crippen molar-refractivity contribution in [3.63, 3.8) is 0 Å². The number of rotatable bonds is 9. The van der Waals surface area contributed by atoms with Crippen molar-refractivity contribution in [2.75, 3.05) is 26.9 Å². The second kappa shape index (κ2) is 11.7. The molecular weight excluding hydrogens is 510 g/mol. The van der Waals surface area contributed by atoms with Gasteiger partial charge < -0.3 is 29.0 Å². The molecule has 0 spiro atoms. The standard InChI is InChI=1S/C32H33NO7/c1-20(2)13-14-38-24-11-9-22(17-26(24)37-3)29-28(30(34)23-10-12-25-27(18-23)40-16-15-39-25)31(35)32(36)33(29)19-21-7-5-4-6-8-21/h4-12,17-18,20,29,34H,13-16,19H2,1-3H3. The molecule has 2 aliphatic rings. The van der Waals surface area contributed by atoms with E-state index in [1.54, 1.807) is 43.5 Å². The number of benzene rings is 3. The summed E-state index contributed by atoms with van der Waals surface area (Å²) >= 11 is 0. The Morgan fingerprint density at radius 3 is 2.45 bits per heavy atom. The number of likely N-dealkylation sites (tertiary alicyclic amines) is 1. The summed E-state index contributed by atoms with van der Waals surface area (Å²) in [6.07, 6.45) is 0.887. The number of carbonyl (C=O) groups excluding carboxylic acids is 2. The molecule has 8 heteroatoms. The molecule has 0 saturated carbocycles. The largest absolute Gasteiger partial charge is 0.507 e. The number of aliphatic hydroxyl groups is 1. The fourth-order valence-electron chi connectivity index (χ4n) is 4.89. The summed E-state index contributed by atoms with van der Waals surface area (Å²) in [5.41, 5.74) is 1.82. The first-order valence-electron chi connectivity index (χ1n) is 13.4. The number of amides is 1. The zero-order valence-electron chi connectivity index (χ0n) is 22.9. The van der Waals surface area contributed by atoms with E-state index in [1.165, 1.54) is 4.90 Å². The first-order valence-corrected chi connectivity index (χ1v) is 13.4. The molecule has 3 aromatic rings. The number of ether oxygens (including phenoxy) is 4. The first kappa shape index (κ1) is 27.1. The summed E-state index contributed by atoms with van der Waals surface area (Å²) in [6, 6.07) is 18.9. The molecule has 1 atom stereocenters. The monoisotopic (exact) mass is 543 g/mol. The Morgan fingerprint density at radius 1 is 0.975 bits per heavy atom. The normalized spacial score (nSPS) is 17.8. The summed E-state index contributed by atoms with van der Waals surface area (Å²) < 4.78 is 22.9. The van der Waals surface area contributed by atoms with Gasteiger partial charge in [0.05, 0.1) is 25.3 Å². The number of carbonyl (C=O) groups is 2. The fourth-order valence-corrected chi connectivity index (χ4v) is 4.89. The maximum Gasteiger partial charge on any atom is 0.295 e. The van der Waals surface area contributed by atoms with Crippen molar-refractivity contribution in [1.82, 2.24) is 4.90 Å². The third kappa shape index (κ3) is 5.47. The highest BCUT2D eigenvalue weighted by Crippen LogP contribution is 2.43. The smallest absolute Gasteiger partial charge is 0.295 e. The minimum Gasteiger partial charge on any atom is -0.507 e. The van der Waals surface area contributed by atoms with Gasteiger partial charge in [-0.2, -0.15) is 0 Å². The highest BCUT2D eigenvalue weighted by molar-refractivity contribution is 6.46. The van der Waals surface area contributed by atoms with Crippen LogP contribution in [0.25, 0.3) is 5.76 Å². The number of hydrogen-bond donors (Lipinski definition) is 1. The van der Waals surface area contributed by atoms with Gasteiger partial charge in [0.15, 0.2) is 23.0 Å². The second-order valence-corrected chi connectivity index (χ2v) is 10.2. The molecule has 5 rings (SSSR count). The van der Waals surface area contributed by atoms with E-state index >= 15 is 0 Å². The van der Waals surface area contributed by atoms with E-state index in [4.69, 9.17) is 18.9 Å². The quantitative estimate of drug-likeness (QED) is 0.216. The average Bonchev–Trinajstić information content (AvgIpc) is 3.22. The van der Waals surface area contributed by atoms with Crippen molar-refractivity contribution < 1.29 is 33.6 Å². The number of hydrogen-bond acceptors (Lipinski definition) is 7. The van der Waals surface area contributed by atoms with Gasteiger partial charge in [0.25, 0.3) is 11.7 Å². The lowest BCUT2D eigenvalue weighted by Gasteiger charge is -2.26. The van der Waals surface area contributed by atoms with Crippen molar-refractivity contribution in [3.8, 4) is 23.0 Å². The van der Waals surface area contributed by atoms with E-state index < -0.39 is 17.7 Å². The topological polar surface area (TPSA) is 94.5 Å². The van der Waals surface area contributed by atoms with Crippen LogP contribution in [0.3, 0.4) is 0 Å². The van der Waals surface area contributed by atoms with Crippen LogP contribution in [0.2, 0.25) is 0 Å². The molecule has 0 aliphatic carbocycles. The van der Waals surface area contributed by atoms with Gasteiger partial charge in [0.2, 0.25) is 0 Å². The lowest BCUT2D eigenvalue weighted by Crippen LogP contribution is -2.29. The molecule has 1 unspecified atom stereocenters. The van der Waals surface area contributed by atoms with Gasteiger partial charge in [0, 0.05) is 12.1 Å². The van der Waals surface area contributed by atoms with Crippen LogP contribution in [0.1, 0.15) is 43.0 Å². The summed E-state index contributed by atoms with van der Waals surface area (Å²) in [7, 11) is 1.55. The van der Waals surface area contributed by atoms with Crippen LogP contribution in [0, 0.1) is 5.92 Å². The number of aliphatic hydroxyl groups excluding tert-OH is 1. The van der Waals surface area contributed by atoms with E-state index in [9.17, 15) is 14.7 Å². The lowest BCUT2D eigenvalue weighted by molar-refractivity contribution is -0.140. The molecule has 0 radical (unpaired) electrons. The Morgan fingerprint density at radius 2 is 1.73 bits per heavy atom. The molecule has 40 heavy (non-hydrogen) atoms. The molecule has 3 aromatic carbocycles. The average molecular weight is 544 g/mol. The van der Waals surface area contributed by atoms with Crippen LogP contribution in [0.15, 0.2) is 72.3 Å². The molecule has 0 bridgehead atoms. The van der Waals surface area contributed by atoms with E-state index in [1.807, 2.05) is 30.3 Å². The van der Waals surface area contributed by atoms with E-state index in [-0.39, 0.29) is 17.9 Å². The predicted octanol–water partition coefficient (Wildman–Crippen LogP) is 5.51. The number of methoxy groups -OCH3 is 1. The van der Waals surface area contributed by atoms with Crippen molar-refractivity contribution >= 4 is 17.4 Å². The number of fused-ring (bicyclic) bond motifs is 1. The Balaban J connectivity index is 1.59. The van der Waals surface area contributed by atoms with Crippen LogP contribution in [0.4, 0.5) is 0 Å². The molecular formula is C32H33NO7. The van der Waals surface area contributed by atoms with Crippen molar-refractivity contribution in [3.05, 3.63) is 89.0 Å². The summed E-state index contributed by atoms with van der Waals surface area (Å²) in [4.78, 5) is 28.4. The Hall–Kier alpha value is -4.46. The summed E-state index contributed by atoms with van der Waals surface area (Å²) in [5.74, 6) is 0.825. The molecule has 0 aromatic heterocycles. The number of ketones is 1. The van der Waals surface area contributed by atoms with E-state index in [0.717, 1.165) is 12.0 Å². The van der Waals surface area contributed by atoms with Crippen molar-refractivity contribution in [1.29, 1.82) is 0 Å². The van der Waals surface area contributed by atoms with Gasteiger partial charge >= 0.3 is 0 Å². The Labute approximate surface area is 233 Å². The summed E-state index contributed by atoms with van der Waals surface area (Å²) in [6.45, 7) is 5.78. The van der Waals surface area contributed by atoms with Crippen LogP contribution < -0.4 is 18.9 Å². The third-order valence-electron chi connectivity index (χ3n) is 7.01. The fraction of sp³-hybridized carbons (Fsp3) is 0.312. The molecule has 2 aliphatic heterocycles. The number of Topliss-reactive ketones (excluding diaryl/α,β-unsaturated/α-hetero) is 1. The maximum absolute atomic E-state index is 13.5. The van der Waals surface area contributed by atoms with Crippen LogP contribution in [0.5, 0.6) is 23.0 Å². The zero-order valence-corrected chi connectivity index (χ0v) is 22.9. The molecule has 1 N–H and O–H groups in total. The molecule has 1 amide bonds. The van der Waals surface area contributed by atoms with Crippen LogP contribution >= 0.6 is 0 Å². The number of nitrogens with zero attached hydrogens (tertiary/aromatic N) is 1. The Kier molecular flexibility index (Phi) is 7.96. The molecule has 1 fully saturated rings. The minimum atomic E-state index is -0.855. The second-order valence-electron chi connectivity index (χ2n) is 10.2. The highest BCUT2D eigenvalue weighted by atomic mass is 16.6. The van der Waals surface area contributed by atoms with Gasteiger partial charge in [0.1, 0.15) is 19.0 Å². The zero-order chi connectivity index (χ0) is 28.2. The molecule has 1 saturated heterocycles. The van der Waals surface area contributed by atoms with Gasteiger partial charge in [-0.1, -0.05) is 50.2 Å². The Bertz CT molecular complexity index is 1430. The SMILES string of the molecule is COc1cc(C2C(=C(O)c3ccc4c(c3)OCCO4)C(=O)C(=O)N2Cc2ccccc2)ccc1OCCC(C)C. The van der Waals surface area contributed by atoms with E-state index in [0.29, 0.717) is 59.9 Å². The highest BCUT2D eigenvalue weighted by Gasteiger charge is 2.46. The summed E-state index contributed by atoms with van der Waals surface area (Å²) in [5, 5.41) is 11.5. The predicted molar refractivity (Wildman–Crippen MR) is 150 cm³/mol. The first-order chi connectivity index (χ1) is 19.4. The molecule has 8 nitrogen and oxygen atoms in total. The van der Waals surface area contributed by atoms with Gasteiger partial charge in [-0.25, -0.2) is 0 Å². The maximum atomic E-state index is 13.5.